The maximum absolute atomic E-state index is 12.8. The van der Waals surface area contributed by atoms with Gasteiger partial charge in [-0.2, -0.15) is 0 Å². The minimum atomic E-state index is -0.00485. The zero-order chi connectivity index (χ0) is 21.3. The molecule has 1 aliphatic rings. The molecule has 0 N–H and O–H groups in total. The van der Waals surface area contributed by atoms with Crippen molar-refractivity contribution >= 4 is 58.0 Å². The molecular weight excluding hydrogens is 441 g/mol. The third-order valence-corrected chi connectivity index (χ3v) is 5.96. The zero-order valence-electron chi connectivity index (χ0n) is 16.2. The van der Waals surface area contributed by atoms with Gasteiger partial charge >= 0.3 is 0 Å². The van der Waals surface area contributed by atoms with Gasteiger partial charge in [0.2, 0.25) is 0 Å². The van der Waals surface area contributed by atoms with Crippen LogP contribution in [0.25, 0.3) is 11.6 Å². The fraction of sp³-hybridized carbons (Fsp3) is 0.125. The summed E-state index contributed by atoms with van der Waals surface area (Å²) in [6, 6.07) is 18.6. The number of carbonyl (C=O) groups excluding carboxylic acids is 1. The number of hydrogen-bond acceptors (Lipinski definition) is 2. The molecule has 0 bridgehead atoms. The molecule has 1 aliphatic heterocycles. The summed E-state index contributed by atoms with van der Waals surface area (Å²) in [5, 5.41) is 1.45. The lowest BCUT2D eigenvalue weighted by Crippen LogP contribution is -2.25. The molecule has 1 amide bonds. The largest absolute Gasteiger partial charge is 0.487 e. The summed E-state index contributed by atoms with van der Waals surface area (Å²) in [5.41, 5.74) is 4.25. The highest BCUT2D eigenvalue weighted by Gasteiger charge is 2.30. The molecule has 152 valence electrons. The van der Waals surface area contributed by atoms with E-state index in [1.165, 1.54) is 0 Å². The smallest absolute Gasteiger partial charge is 0.258 e. The van der Waals surface area contributed by atoms with Crippen molar-refractivity contribution in [2.75, 3.05) is 11.4 Å². The Labute approximate surface area is 190 Å². The van der Waals surface area contributed by atoms with Crippen molar-refractivity contribution in [3.63, 3.8) is 0 Å². The average Bonchev–Trinajstić information content (AvgIpc) is 3.01. The first kappa shape index (κ1) is 20.8. The summed E-state index contributed by atoms with van der Waals surface area (Å²) in [6.07, 6.45) is 1.87. The van der Waals surface area contributed by atoms with Crippen LogP contribution < -0.4 is 9.64 Å². The van der Waals surface area contributed by atoms with Crippen LogP contribution in [0.2, 0.25) is 15.1 Å². The maximum atomic E-state index is 12.8. The summed E-state index contributed by atoms with van der Waals surface area (Å²) >= 11 is 18.4. The van der Waals surface area contributed by atoms with Gasteiger partial charge in [-0.05, 0) is 54.5 Å². The lowest BCUT2D eigenvalue weighted by molar-refractivity contribution is -0.112. The van der Waals surface area contributed by atoms with E-state index in [4.69, 9.17) is 39.5 Å². The van der Waals surface area contributed by atoms with Crippen LogP contribution in [0, 0.1) is 0 Å². The first-order valence-electron chi connectivity index (χ1n) is 9.47. The number of nitrogens with zero attached hydrogens (tertiary/aromatic N) is 1. The van der Waals surface area contributed by atoms with E-state index in [-0.39, 0.29) is 5.91 Å². The second-order valence-electron chi connectivity index (χ2n) is 6.85. The summed E-state index contributed by atoms with van der Waals surface area (Å²) in [4.78, 5) is 14.6. The summed E-state index contributed by atoms with van der Waals surface area (Å²) < 4.78 is 5.82. The Hall–Kier alpha value is -2.46. The number of amides is 1. The molecule has 3 aromatic carbocycles. The van der Waals surface area contributed by atoms with Gasteiger partial charge < -0.3 is 9.64 Å². The van der Waals surface area contributed by atoms with Gasteiger partial charge in [-0.15, -0.1) is 0 Å². The van der Waals surface area contributed by atoms with E-state index >= 15 is 0 Å². The zero-order valence-corrected chi connectivity index (χ0v) is 18.4. The average molecular weight is 459 g/mol. The molecule has 0 atom stereocenters. The normalized spacial score (nSPS) is 14.3. The van der Waals surface area contributed by atoms with E-state index in [1.807, 2.05) is 49.4 Å². The van der Waals surface area contributed by atoms with Gasteiger partial charge in [-0.25, -0.2) is 0 Å². The highest BCUT2D eigenvalue weighted by molar-refractivity contribution is 6.42. The van der Waals surface area contributed by atoms with Crippen molar-refractivity contribution < 1.29 is 9.53 Å². The second kappa shape index (κ2) is 8.73. The molecule has 0 fully saturated rings. The molecule has 30 heavy (non-hydrogen) atoms. The summed E-state index contributed by atoms with van der Waals surface area (Å²) in [5.74, 6) is 0.549. The molecule has 0 radical (unpaired) electrons. The lowest BCUT2D eigenvalue weighted by Gasteiger charge is -2.13. The van der Waals surface area contributed by atoms with Crippen molar-refractivity contribution in [2.45, 2.75) is 13.5 Å². The molecule has 3 aromatic rings. The number of likely N-dealkylation sites (N-methyl/N-ethyl adjacent to an activating group) is 1. The molecule has 0 unspecified atom stereocenters. The minimum Gasteiger partial charge on any atom is -0.487 e. The van der Waals surface area contributed by atoms with Gasteiger partial charge in [0, 0.05) is 17.7 Å². The predicted molar refractivity (Wildman–Crippen MR) is 125 cm³/mol. The third-order valence-electron chi connectivity index (χ3n) is 4.92. The van der Waals surface area contributed by atoms with E-state index < -0.39 is 0 Å². The van der Waals surface area contributed by atoms with E-state index in [9.17, 15) is 4.79 Å². The van der Waals surface area contributed by atoms with E-state index in [2.05, 4.69) is 0 Å². The van der Waals surface area contributed by atoms with Crippen LogP contribution in [-0.4, -0.2) is 12.5 Å². The molecule has 6 heteroatoms. The molecule has 0 aromatic heterocycles. The number of halogens is 3. The van der Waals surface area contributed by atoms with Gasteiger partial charge in [0.25, 0.3) is 5.91 Å². The number of hydrogen-bond donors (Lipinski definition) is 0. The molecule has 0 spiro atoms. The van der Waals surface area contributed by atoms with Crippen LogP contribution in [0.3, 0.4) is 0 Å². The standard InChI is InChI=1S/C24H18Cl3NO2/c1-2-28-22-6-4-3-5-17(22)18(24(28)29)11-15-8-10-23(21(27)12-15)30-14-16-7-9-19(25)20(26)13-16/h3-13H,2,14H2,1H3/b18-11-. The topological polar surface area (TPSA) is 29.5 Å². The van der Waals surface area contributed by atoms with Gasteiger partial charge in [0.05, 0.1) is 20.8 Å². The van der Waals surface area contributed by atoms with Crippen LogP contribution in [0.1, 0.15) is 23.6 Å². The van der Waals surface area contributed by atoms with E-state index in [0.29, 0.717) is 39.5 Å². The fourth-order valence-corrected chi connectivity index (χ4v) is 4.01. The Morgan fingerprint density at radius 3 is 2.47 bits per heavy atom. The SMILES string of the molecule is CCN1C(=O)/C(=C\c2ccc(OCc3ccc(Cl)c(Cl)c3)c(Cl)c2)c2ccccc21. The van der Waals surface area contributed by atoms with Gasteiger partial charge in [-0.1, -0.05) is 65.1 Å². The molecule has 1 heterocycles. The van der Waals surface area contributed by atoms with Crippen LogP contribution >= 0.6 is 34.8 Å². The Kier molecular flexibility index (Phi) is 6.05. The van der Waals surface area contributed by atoms with Crippen molar-refractivity contribution in [1.29, 1.82) is 0 Å². The monoisotopic (exact) mass is 457 g/mol. The van der Waals surface area contributed by atoms with Crippen molar-refractivity contribution in [2.24, 2.45) is 0 Å². The molecule has 0 saturated heterocycles. The van der Waals surface area contributed by atoms with E-state index in [0.717, 1.165) is 22.4 Å². The van der Waals surface area contributed by atoms with Gasteiger partial charge in [0.1, 0.15) is 12.4 Å². The number of fused-ring (bicyclic) bond motifs is 1. The minimum absolute atomic E-state index is 0.00485. The van der Waals surface area contributed by atoms with Gasteiger partial charge in [0.15, 0.2) is 0 Å². The van der Waals surface area contributed by atoms with Crippen LogP contribution in [-0.2, 0) is 11.4 Å². The maximum Gasteiger partial charge on any atom is 0.258 e. The number of carbonyl (C=O) groups is 1. The van der Waals surface area contributed by atoms with Gasteiger partial charge in [-0.3, -0.25) is 4.79 Å². The van der Waals surface area contributed by atoms with Crippen molar-refractivity contribution in [3.05, 3.63) is 92.4 Å². The Morgan fingerprint density at radius 2 is 1.73 bits per heavy atom. The number of ether oxygens (including phenoxy) is 1. The van der Waals surface area contributed by atoms with Crippen LogP contribution in [0.4, 0.5) is 5.69 Å². The Morgan fingerprint density at radius 1 is 0.933 bits per heavy atom. The number of anilines is 1. The van der Waals surface area contributed by atoms with E-state index in [1.54, 1.807) is 29.2 Å². The first-order valence-corrected chi connectivity index (χ1v) is 10.6. The van der Waals surface area contributed by atoms with Crippen molar-refractivity contribution in [3.8, 4) is 5.75 Å². The second-order valence-corrected chi connectivity index (χ2v) is 8.07. The molecular formula is C24H18Cl3NO2. The molecule has 0 aliphatic carbocycles. The number of para-hydroxylation sites is 1. The highest BCUT2D eigenvalue weighted by atomic mass is 35.5. The fourth-order valence-electron chi connectivity index (χ4n) is 3.44. The summed E-state index contributed by atoms with van der Waals surface area (Å²) in [6.45, 7) is 2.90. The predicted octanol–water partition coefficient (Wildman–Crippen LogP) is 7.13. The van der Waals surface area contributed by atoms with Crippen LogP contribution in [0.5, 0.6) is 5.75 Å². The number of benzene rings is 3. The third kappa shape index (κ3) is 4.06. The molecule has 0 saturated carbocycles. The highest BCUT2D eigenvalue weighted by Crippen LogP contribution is 2.38. The molecule has 3 nitrogen and oxygen atoms in total. The molecule has 4 rings (SSSR count). The Balaban J connectivity index is 1.56. The quantitative estimate of drug-likeness (QED) is 0.380. The number of rotatable bonds is 5. The lowest BCUT2D eigenvalue weighted by atomic mass is 10.0. The van der Waals surface area contributed by atoms with Crippen molar-refractivity contribution in [1.82, 2.24) is 0 Å². The van der Waals surface area contributed by atoms with Crippen LogP contribution in [0.15, 0.2) is 60.7 Å². The first-order chi connectivity index (χ1) is 14.5. The summed E-state index contributed by atoms with van der Waals surface area (Å²) in [7, 11) is 0. The Bertz CT molecular complexity index is 1160.